The molecule has 33 heavy (non-hydrogen) atoms. The molecule has 0 fully saturated rings. The second kappa shape index (κ2) is 13.2. The number of nitrogens with one attached hydrogen (secondary N) is 2. The summed E-state index contributed by atoms with van der Waals surface area (Å²) >= 11 is 0. The van der Waals surface area contributed by atoms with Gasteiger partial charge in [0, 0.05) is 36.5 Å². The van der Waals surface area contributed by atoms with Gasteiger partial charge in [0.2, 0.25) is 0 Å². The highest BCUT2D eigenvalue weighted by atomic mass is 16.1. The summed E-state index contributed by atoms with van der Waals surface area (Å²) < 4.78 is 0. The van der Waals surface area contributed by atoms with Crippen molar-refractivity contribution in [3.05, 3.63) is 100 Å². The van der Waals surface area contributed by atoms with Crippen molar-refractivity contribution >= 4 is 11.4 Å². The highest BCUT2D eigenvalue weighted by molar-refractivity contribution is 5.98. The molecule has 0 aliphatic carbocycles. The van der Waals surface area contributed by atoms with Crippen LogP contribution in [0.4, 0.5) is 0 Å². The summed E-state index contributed by atoms with van der Waals surface area (Å²) in [7, 11) is 0. The number of hydrogen-bond acceptors (Lipinski definition) is 5. The van der Waals surface area contributed by atoms with Gasteiger partial charge in [-0.05, 0) is 73.7 Å². The molecule has 0 radical (unpaired) electrons. The maximum Gasteiger partial charge on any atom is 0.161 e. The molecule has 5 nitrogen and oxygen atoms in total. The average molecular weight is 443 g/mol. The summed E-state index contributed by atoms with van der Waals surface area (Å²) in [5.74, 6) is -0.137. The second-order valence-corrected chi connectivity index (χ2v) is 7.80. The van der Waals surface area contributed by atoms with Crippen molar-refractivity contribution in [1.29, 1.82) is 5.26 Å². The number of allylic oxidation sites excluding steroid dienone is 7. The maximum absolute atomic E-state index is 12.0. The summed E-state index contributed by atoms with van der Waals surface area (Å²) in [5, 5.41) is 15.7. The summed E-state index contributed by atoms with van der Waals surface area (Å²) in [6.45, 7) is 12.2. The molecular weight excluding hydrogens is 408 g/mol. The van der Waals surface area contributed by atoms with Crippen LogP contribution >= 0.6 is 0 Å². The van der Waals surface area contributed by atoms with E-state index in [0.29, 0.717) is 29.9 Å². The molecule has 172 valence electrons. The third kappa shape index (κ3) is 7.57. The molecule has 0 unspecified atom stereocenters. The molecule has 1 aliphatic rings. The minimum atomic E-state index is -0.137. The standard InChI is InChI=1S/C28H34N4O/c1-5-22(17-29)15-28(21(4)33)20(3)32-19-23-7-9-25(10-8-23)24(6-2)16-27(18-30)26-11-13-31-14-12-26/h5-11,15-16,31-32H,3,12-14,18-19,30H2,1-2,4H3/b22-5+,24-6+,27-16+,28-15+. The predicted octanol–water partition coefficient (Wildman–Crippen LogP) is 4.48. The molecule has 0 amide bonds. The lowest BCUT2D eigenvalue weighted by molar-refractivity contribution is -0.113. The number of nitrogens with zero attached hydrogens (tertiary/aromatic N) is 1. The highest BCUT2D eigenvalue weighted by Crippen LogP contribution is 2.23. The van der Waals surface area contributed by atoms with Gasteiger partial charge in [0.1, 0.15) is 0 Å². The lowest BCUT2D eigenvalue weighted by atomic mass is 9.95. The number of benzene rings is 1. The Morgan fingerprint density at radius 2 is 1.97 bits per heavy atom. The van der Waals surface area contributed by atoms with Crippen LogP contribution in [-0.2, 0) is 11.3 Å². The Hall–Kier alpha value is -3.46. The van der Waals surface area contributed by atoms with Crippen LogP contribution < -0.4 is 16.4 Å². The van der Waals surface area contributed by atoms with E-state index in [1.165, 1.54) is 18.1 Å². The smallest absolute Gasteiger partial charge is 0.161 e. The zero-order valence-corrected chi connectivity index (χ0v) is 19.9. The van der Waals surface area contributed by atoms with Crippen LogP contribution in [0.1, 0.15) is 38.3 Å². The maximum atomic E-state index is 12.0. The third-order valence-corrected chi connectivity index (χ3v) is 5.57. The number of rotatable bonds is 10. The lowest BCUT2D eigenvalue weighted by Gasteiger charge is -2.17. The van der Waals surface area contributed by atoms with E-state index < -0.39 is 0 Å². The normalized spacial score (nSPS) is 15.5. The van der Waals surface area contributed by atoms with E-state index in [0.717, 1.165) is 36.2 Å². The van der Waals surface area contributed by atoms with Crippen molar-refractivity contribution in [1.82, 2.24) is 10.6 Å². The molecule has 0 atom stereocenters. The molecule has 1 aromatic rings. The fourth-order valence-electron chi connectivity index (χ4n) is 3.57. The van der Waals surface area contributed by atoms with Gasteiger partial charge < -0.3 is 16.4 Å². The van der Waals surface area contributed by atoms with Crippen molar-refractivity contribution in [3.63, 3.8) is 0 Å². The number of carbonyl (C=O) groups is 1. The summed E-state index contributed by atoms with van der Waals surface area (Å²) in [6.07, 6.45) is 10.7. The van der Waals surface area contributed by atoms with Gasteiger partial charge in [-0.25, -0.2) is 0 Å². The van der Waals surface area contributed by atoms with Crippen molar-refractivity contribution in [2.45, 2.75) is 33.7 Å². The summed E-state index contributed by atoms with van der Waals surface area (Å²) in [5.41, 5.74) is 13.2. The van der Waals surface area contributed by atoms with Crippen LogP contribution in [-0.4, -0.2) is 25.4 Å². The first-order chi connectivity index (χ1) is 15.9. The Balaban J connectivity index is 2.12. The van der Waals surface area contributed by atoms with Gasteiger partial charge in [-0.1, -0.05) is 49.1 Å². The predicted molar refractivity (Wildman–Crippen MR) is 137 cm³/mol. The van der Waals surface area contributed by atoms with E-state index in [4.69, 9.17) is 11.0 Å². The summed E-state index contributed by atoms with van der Waals surface area (Å²) in [4.78, 5) is 12.0. The van der Waals surface area contributed by atoms with Gasteiger partial charge in [0.25, 0.3) is 0 Å². The molecule has 1 aliphatic heterocycles. The minimum Gasteiger partial charge on any atom is -0.381 e. The first kappa shape index (κ1) is 25.8. The van der Waals surface area contributed by atoms with Gasteiger partial charge in [-0.3, -0.25) is 4.79 Å². The molecule has 1 heterocycles. The van der Waals surface area contributed by atoms with Crippen molar-refractivity contribution in [3.8, 4) is 6.07 Å². The van der Waals surface area contributed by atoms with E-state index in [9.17, 15) is 4.79 Å². The number of carbonyl (C=O) groups excluding carboxylic acids is 1. The quantitative estimate of drug-likeness (QED) is 0.282. The molecule has 0 aromatic heterocycles. The molecule has 2 rings (SSSR count). The molecule has 0 bridgehead atoms. The van der Waals surface area contributed by atoms with E-state index in [2.05, 4.69) is 65.8 Å². The highest BCUT2D eigenvalue weighted by Gasteiger charge is 2.11. The number of nitriles is 1. The minimum absolute atomic E-state index is 0.137. The largest absolute Gasteiger partial charge is 0.381 e. The molecule has 4 N–H and O–H groups in total. The van der Waals surface area contributed by atoms with Gasteiger partial charge in [0.05, 0.1) is 6.07 Å². The first-order valence-electron chi connectivity index (χ1n) is 11.2. The average Bonchev–Trinajstić information content (AvgIpc) is 2.85. The topological polar surface area (TPSA) is 90.9 Å². The lowest BCUT2D eigenvalue weighted by Crippen LogP contribution is -2.22. The van der Waals surface area contributed by atoms with Gasteiger partial charge in [-0.15, -0.1) is 0 Å². The van der Waals surface area contributed by atoms with Gasteiger partial charge >= 0.3 is 0 Å². The van der Waals surface area contributed by atoms with Crippen molar-refractivity contribution in [2.75, 3.05) is 19.6 Å². The Labute approximate surface area is 197 Å². The van der Waals surface area contributed by atoms with Gasteiger partial charge in [-0.2, -0.15) is 5.26 Å². The Morgan fingerprint density at radius 3 is 2.48 bits per heavy atom. The number of ketones is 1. The molecule has 0 saturated heterocycles. The SMILES string of the molecule is C=C(NCc1ccc(C(/C=C(\CN)C2=CCNCC2)=C/C)cc1)/C(=C\C(C#N)=C/C)C(C)=O. The molecule has 0 saturated carbocycles. The first-order valence-corrected chi connectivity index (χ1v) is 11.2. The Kier molecular flexibility index (Phi) is 10.3. The van der Waals surface area contributed by atoms with E-state index >= 15 is 0 Å². The van der Waals surface area contributed by atoms with Crippen LogP contribution in [0.15, 0.2) is 89.2 Å². The number of Topliss-reactive ketones (excluding diaryl/α,β-unsaturated/α-hetero) is 1. The van der Waals surface area contributed by atoms with Gasteiger partial charge in [0.15, 0.2) is 5.78 Å². The van der Waals surface area contributed by atoms with Crippen LogP contribution in [0.5, 0.6) is 0 Å². The van der Waals surface area contributed by atoms with Crippen LogP contribution in [0, 0.1) is 11.3 Å². The molecule has 0 spiro atoms. The zero-order valence-electron chi connectivity index (χ0n) is 19.9. The molecule has 1 aromatic carbocycles. The van der Waals surface area contributed by atoms with Crippen LogP contribution in [0.2, 0.25) is 0 Å². The van der Waals surface area contributed by atoms with Crippen molar-refractivity contribution < 1.29 is 4.79 Å². The monoisotopic (exact) mass is 442 g/mol. The number of nitrogens with two attached hydrogens (primary N) is 1. The second-order valence-electron chi connectivity index (χ2n) is 7.80. The van der Waals surface area contributed by atoms with Crippen LogP contribution in [0.3, 0.4) is 0 Å². The Bertz CT molecular complexity index is 1060. The zero-order chi connectivity index (χ0) is 24.2. The Morgan fingerprint density at radius 1 is 1.24 bits per heavy atom. The van der Waals surface area contributed by atoms with Crippen molar-refractivity contribution in [2.24, 2.45) is 5.73 Å². The van der Waals surface area contributed by atoms with E-state index in [1.54, 1.807) is 19.1 Å². The summed E-state index contributed by atoms with van der Waals surface area (Å²) in [6, 6.07) is 10.4. The number of hydrogen-bond donors (Lipinski definition) is 3. The molecule has 5 heteroatoms. The van der Waals surface area contributed by atoms with E-state index in [1.807, 2.05) is 6.92 Å². The molecular formula is C28H34N4O. The van der Waals surface area contributed by atoms with E-state index in [-0.39, 0.29) is 5.78 Å². The third-order valence-electron chi connectivity index (χ3n) is 5.57. The van der Waals surface area contributed by atoms with Crippen LogP contribution in [0.25, 0.3) is 5.57 Å². The fraction of sp³-hybridized carbons (Fsp3) is 0.286. The fourth-order valence-corrected chi connectivity index (χ4v) is 3.57.